The Kier molecular flexibility index (Phi) is 4.04. The first-order chi connectivity index (χ1) is 10.4. The molecule has 2 aliphatic rings. The van der Waals surface area contributed by atoms with Gasteiger partial charge in [-0.2, -0.15) is 0 Å². The van der Waals surface area contributed by atoms with Gasteiger partial charge in [-0.05, 0) is 47.0 Å². The normalized spacial score (nSPS) is 28.4. The lowest BCUT2D eigenvalue weighted by Crippen LogP contribution is -2.54. The fraction of sp³-hybridized carbons (Fsp3) is 0.733. The number of sulfonamides is 1. The fourth-order valence-electron chi connectivity index (χ4n) is 2.30. The van der Waals surface area contributed by atoms with E-state index in [1.807, 2.05) is 0 Å². The average molecular weight is 344 g/mol. The number of ether oxygens (including phenoxy) is 1. The molecule has 0 heterocycles. The van der Waals surface area contributed by atoms with Crippen LogP contribution in [-0.4, -0.2) is 36.3 Å². The van der Waals surface area contributed by atoms with E-state index in [0.717, 1.165) is 0 Å². The second-order valence-electron chi connectivity index (χ2n) is 7.53. The zero-order valence-electron chi connectivity index (χ0n) is 13.9. The fourth-order valence-corrected chi connectivity index (χ4v) is 3.61. The molecule has 2 saturated carbocycles. The smallest absolute Gasteiger partial charge is 0.408 e. The van der Waals surface area contributed by atoms with Gasteiger partial charge < -0.3 is 10.1 Å². The van der Waals surface area contributed by atoms with Crippen molar-refractivity contribution in [1.82, 2.24) is 10.0 Å². The van der Waals surface area contributed by atoms with Crippen LogP contribution in [0, 0.1) is 5.92 Å². The van der Waals surface area contributed by atoms with Gasteiger partial charge in [0.2, 0.25) is 10.0 Å². The van der Waals surface area contributed by atoms with Crippen molar-refractivity contribution in [3.05, 3.63) is 12.7 Å². The summed E-state index contributed by atoms with van der Waals surface area (Å²) in [5, 5.41) is 2.51. The molecule has 0 spiro atoms. The highest BCUT2D eigenvalue weighted by Crippen LogP contribution is 2.46. The summed E-state index contributed by atoms with van der Waals surface area (Å²) in [6.07, 6.45) is 2.11. The Morgan fingerprint density at radius 1 is 1.30 bits per heavy atom. The summed E-state index contributed by atoms with van der Waals surface area (Å²) in [5.74, 6) is -1.06. The van der Waals surface area contributed by atoms with E-state index in [0.29, 0.717) is 19.3 Å². The molecule has 2 rings (SSSR count). The van der Waals surface area contributed by atoms with Crippen molar-refractivity contribution in [1.29, 1.82) is 0 Å². The number of carbonyl (C=O) groups is 2. The van der Waals surface area contributed by atoms with Crippen LogP contribution in [-0.2, 0) is 19.6 Å². The summed E-state index contributed by atoms with van der Waals surface area (Å²) in [6, 6.07) is 0. The monoisotopic (exact) mass is 344 g/mol. The van der Waals surface area contributed by atoms with Gasteiger partial charge in [-0.1, -0.05) is 6.08 Å². The Balaban J connectivity index is 2.11. The average Bonchev–Trinajstić information content (AvgIpc) is 3.24. The van der Waals surface area contributed by atoms with Gasteiger partial charge in [-0.25, -0.2) is 13.2 Å². The molecular weight excluding hydrogens is 320 g/mol. The quantitative estimate of drug-likeness (QED) is 0.735. The highest BCUT2D eigenvalue weighted by Gasteiger charge is 2.62. The Morgan fingerprint density at radius 3 is 2.26 bits per heavy atom. The van der Waals surface area contributed by atoms with Crippen molar-refractivity contribution < 1.29 is 22.7 Å². The third-order valence-corrected chi connectivity index (χ3v) is 6.42. The van der Waals surface area contributed by atoms with Gasteiger partial charge >= 0.3 is 6.09 Å². The molecule has 130 valence electrons. The predicted octanol–water partition coefficient (Wildman–Crippen LogP) is 1.45. The van der Waals surface area contributed by atoms with Gasteiger partial charge in [0.25, 0.3) is 5.91 Å². The zero-order chi connectivity index (χ0) is 17.7. The number of rotatable bonds is 5. The van der Waals surface area contributed by atoms with E-state index in [4.69, 9.17) is 4.74 Å². The second kappa shape index (κ2) is 5.22. The molecule has 7 nitrogen and oxygen atoms in total. The maximum atomic E-state index is 12.5. The maximum absolute atomic E-state index is 12.5. The molecule has 2 amide bonds. The standard InChI is InChI=1S/C15H24N2O5S/c1-6-10-9-15(10,16-12(19)22-13(2,3)4)11(18)17-23(20,21)14(5)7-8-14/h6,10H,1,7-9H2,2-5H3,(H,16,19)(H,17,18)/t10-,15+/m0/s1. The third-order valence-electron chi connectivity index (χ3n) is 4.26. The molecule has 0 aromatic rings. The topological polar surface area (TPSA) is 102 Å². The summed E-state index contributed by atoms with van der Waals surface area (Å²) < 4.78 is 30.8. The summed E-state index contributed by atoms with van der Waals surface area (Å²) in [5.41, 5.74) is -2.02. The van der Waals surface area contributed by atoms with Crippen LogP contribution < -0.4 is 10.0 Å². The first-order valence-corrected chi connectivity index (χ1v) is 9.04. The Morgan fingerprint density at radius 2 is 1.87 bits per heavy atom. The molecular formula is C15H24N2O5S. The lowest BCUT2D eigenvalue weighted by molar-refractivity contribution is -0.122. The molecule has 2 aliphatic carbocycles. The van der Waals surface area contributed by atoms with Gasteiger partial charge in [-0.15, -0.1) is 6.58 Å². The Hall–Kier alpha value is -1.57. The largest absolute Gasteiger partial charge is 0.444 e. The minimum Gasteiger partial charge on any atom is -0.444 e. The first kappa shape index (κ1) is 17.8. The van der Waals surface area contributed by atoms with E-state index >= 15 is 0 Å². The summed E-state index contributed by atoms with van der Waals surface area (Å²) in [6.45, 7) is 10.3. The van der Waals surface area contributed by atoms with Gasteiger partial charge in [0.15, 0.2) is 0 Å². The van der Waals surface area contributed by atoms with E-state index in [-0.39, 0.29) is 5.92 Å². The van der Waals surface area contributed by atoms with Crippen molar-refractivity contribution in [2.75, 3.05) is 0 Å². The number of amides is 2. The third kappa shape index (κ3) is 3.52. The number of alkyl carbamates (subject to hydrolysis) is 1. The van der Waals surface area contributed by atoms with E-state index in [1.165, 1.54) is 6.08 Å². The molecule has 8 heteroatoms. The van der Waals surface area contributed by atoms with E-state index in [2.05, 4.69) is 16.6 Å². The molecule has 0 unspecified atom stereocenters. The predicted molar refractivity (Wildman–Crippen MR) is 85.1 cm³/mol. The van der Waals surface area contributed by atoms with Crippen LogP contribution in [0.4, 0.5) is 4.79 Å². The molecule has 2 N–H and O–H groups in total. The van der Waals surface area contributed by atoms with Crippen molar-refractivity contribution in [2.24, 2.45) is 5.92 Å². The van der Waals surface area contributed by atoms with Crippen molar-refractivity contribution in [3.8, 4) is 0 Å². The minimum atomic E-state index is -3.76. The molecule has 23 heavy (non-hydrogen) atoms. The van der Waals surface area contributed by atoms with Crippen molar-refractivity contribution in [2.45, 2.75) is 62.8 Å². The summed E-state index contributed by atoms with van der Waals surface area (Å²) in [7, 11) is -3.76. The van der Waals surface area contributed by atoms with Gasteiger partial charge in [0.05, 0.1) is 4.75 Å². The van der Waals surface area contributed by atoms with E-state index < -0.39 is 37.9 Å². The lowest BCUT2D eigenvalue weighted by atomic mass is 10.2. The number of hydrogen-bond donors (Lipinski definition) is 2. The molecule has 0 bridgehead atoms. The van der Waals surface area contributed by atoms with Crippen LogP contribution >= 0.6 is 0 Å². The molecule has 0 aromatic heterocycles. The van der Waals surface area contributed by atoms with Crippen molar-refractivity contribution in [3.63, 3.8) is 0 Å². The lowest BCUT2D eigenvalue weighted by Gasteiger charge is -2.24. The molecule has 2 fully saturated rings. The van der Waals surface area contributed by atoms with Crippen molar-refractivity contribution >= 4 is 22.0 Å². The first-order valence-electron chi connectivity index (χ1n) is 7.56. The molecule has 0 aliphatic heterocycles. The van der Waals surface area contributed by atoms with Gasteiger partial charge in [0, 0.05) is 5.92 Å². The molecule has 0 saturated heterocycles. The van der Waals surface area contributed by atoms with Crippen LogP contribution in [0.1, 0.15) is 47.0 Å². The molecule has 2 atom stereocenters. The SMILES string of the molecule is C=C[C@H]1C[C@]1(NC(=O)OC(C)(C)C)C(=O)NS(=O)(=O)C1(C)CC1. The van der Waals surface area contributed by atoms with Crippen LogP contribution in [0.25, 0.3) is 0 Å². The Bertz CT molecular complexity index is 645. The maximum Gasteiger partial charge on any atom is 0.408 e. The van der Waals surface area contributed by atoms with Gasteiger partial charge in [0.1, 0.15) is 11.1 Å². The highest BCUT2D eigenvalue weighted by molar-refractivity contribution is 7.91. The van der Waals surface area contributed by atoms with Crippen LogP contribution in [0.15, 0.2) is 12.7 Å². The summed E-state index contributed by atoms with van der Waals surface area (Å²) in [4.78, 5) is 24.4. The van der Waals surface area contributed by atoms with Crippen LogP contribution in [0.2, 0.25) is 0 Å². The summed E-state index contributed by atoms with van der Waals surface area (Å²) >= 11 is 0. The number of hydrogen-bond acceptors (Lipinski definition) is 5. The zero-order valence-corrected chi connectivity index (χ0v) is 14.7. The number of carbonyl (C=O) groups excluding carboxylic acids is 2. The molecule has 0 radical (unpaired) electrons. The van der Waals surface area contributed by atoms with Crippen LogP contribution in [0.3, 0.4) is 0 Å². The molecule has 0 aromatic carbocycles. The minimum absolute atomic E-state index is 0.299. The number of nitrogens with one attached hydrogen (secondary N) is 2. The van der Waals surface area contributed by atoms with Crippen LogP contribution in [0.5, 0.6) is 0 Å². The van der Waals surface area contributed by atoms with E-state index in [9.17, 15) is 18.0 Å². The Labute approximate surface area is 136 Å². The second-order valence-corrected chi connectivity index (χ2v) is 9.73. The van der Waals surface area contributed by atoms with E-state index in [1.54, 1.807) is 27.7 Å². The highest BCUT2D eigenvalue weighted by atomic mass is 32.2. The van der Waals surface area contributed by atoms with Gasteiger partial charge in [-0.3, -0.25) is 9.52 Å².